The van der Waals surface area contributed by atoms with E-state index in [0.29, 0.717) is 17.4 Å². The summed E-state index contributed by atoms with van der Waals surface area (Å²) in [7, 11) is 1.63. The predicted molar refractivity (Wildman–Crippen MR) is 143 cm³/mol. The molecule has 6 rings (SSSR count). The zero-order valence-electron chi connectivity index (χ0n) is 19.6. The number of aryl methyl sites for hydroxylation is 1. The zero-order valence-corrected chi connectivity index (χ0v) is 20.4. The molecule has 0 atom stereocenters. The molecule has 0 fully saturated rings. The molecule has 0 radical (unpaired) electrons. The van der Waals surface area contributed by atoms with Crippen LogP contribution in [-0.4, -0.2) is 27.3 Å². The Morgan fingerprint density at radius 2 is 1.61 bits per heavy atom. The minimum atomic E-state index is 0.468. The summed E-state index contributed by atoms with van der Waals surface area (Å²) >= 11 is 1.68. The number of hydrogen-bond donors (Lipinski definition) is 1. The molecule has 3 aromatic heterocycles. The highest BCUT2D eigenvalue weighted by molar-refractivity contribution is 7.13. The van der Waals surface area contributed by atoms with Gasteiger partial charge in [-0.3, -0.25) is 0 Å². The maximum absolute atomic E-state index is 6.07. The van der Waals surface area contributed by atoms with E-state index >= 15 is 0 Å². The van der Waals surface area contributed by atoms with Gasteiger partial charge in [0, 0.05) is 16.5 Å². The molecule has 1 N–H and O–H groups in total. The first-order valence-electron chi connectivity index (χ1n) is 11.3. The van der Waals surface area contributed by atoms with Crippen molar-refractivity contribution in [3.05, 3.63) is 90.1 Å². The van der Waals surface area contributed by atoms with Crippen LogP contribution < -0.4 is 14.8 Å². The lowest BCUT2D eigenvalue weighted by Gasteiger charge is -2.12. The molecular weight excluding hydrogens is 470 g/mol. The van der Waals surface area contributed by atoms with Crippen molar-refractivity contribution in [3.63, 3.8) is 0 Å². The van der Waals surface area contributed by atoms with Gasteiger partial charge in [-0.1, -0.05) is 24.3 Å². The summed E-state index contributed by atoms with van der Waals surface area (Å²) in [5, 5.41) is 17.4. The van der Waals surface area contributed by atoms with Gasteiger partial charge < -0.3 is 14.8 Å². The van der Waals surface area contributed by atoms with Crippen molar-refractivity contribution in [2.75, 3.05) is 12.4 Å². The molecule has 0 amide bonds. The summed E-state index contributed by atoms with van der Waals surface area (Å²) in [5.41, 5.74) is 3.77. The maximum atomic E-state index is 6.07. The Hall–Kier alpha value is -4.56. The van der Waals surface area contributed by atoms with Crippen LogP contribution in [0.15, 0.2) is 84.5 Å². The van der Waals surface area contributed by atoms with Gasteiger partial charge >= 0.3 is 0 Å². The Labute approximate surface area is 211 Å². The van der Waals surface area contributed by atoms with Gasteiger partial charge in [-0.05, 0) is 66.4 Å². The van der Waals surface area contributed by atoms with Crippen LogP contribution in [0.2, 0.25) is 0 Å². The van der Waals surface area contributed by atoms with Crippen LogP contribution in [0, 0.1) is 6.92 Å². The minimum Gasteiger partial charge on any atom is -0.497 e. The summed E-state index contributed by atoms with van der Waals surface area (Å²) in [4.78, 5) is 9.73. The number of hydrogen-bond acceptors (Lipinski definition) is 8. The fourth-order valence-corrected chi connectivity index (χ4v) is 4.91. The fraction of sp³-hybridized carbons (Fsp3) is 0.0714. The van der Waals surface area contributed by atoms with Crippen molar-refractivity contribution in [3.8, 4) is 28.0 Å². The molecule has 6 aromatic rings. The Morgan fingerprint density at radius 3 is 2.39 bits per heavy atom. The number of rotatable bonds is 6. The second-order valence-corrected chi connectivity index (χ2v) is 9.16. The van der Waals surface area contributed by atoms with Gasteiger partial charge in [0.25, 0.3) is 0 Å². The first-order valence-corrected chi connectivity index (χ1v) is 12.2. The number of anilines is 2. The number of methoxy groups -OCH3 is 1. The average Bonchev–Trinajstić information content (AvgIpc) is 3.35. The molecule has 0 aliphatic carbocycles. The van der Waals surface area contributed by atoms with Gasteiger partial charge in [0.2, 0.25) is 5.88 Å². The van der Waals surface area contributed by atoms with Gasteiger partial charge in [0.05, 0.1) is 22.9 Å². The van der Waals surface area contributed by atoms with Gasteiger partial charge in [-0.2, -0.15) is 0 Å². The van der Waals surface area contributed by atoms with Gasteiger partial charge in [0.15, 0.2) is 5.82 Å². The number of nitrogens with one attached hydrogen (secondary N) is 1. The Kier molecular flexibility index (Phi) is 5.63. The van der Waals surface area contributed by atoms with E-state index in [1.165, 1.54) is 11.9 Å². The highest BCUT2D eigenvalue weighted by Gasteiger charge is 2.13. The largest absolute Gasteiger partial charge is 0.497 e. The van der Waals surface area contributed by atoms with Crippen LogP contribution in [0.25, 0.3) is 32.2 Å². The fourth-order valence-electron chi connectivity index (χ4n) is 4.01. The van der Waals surface area contributed by atoms with Crippen molar-refractivity contribution in [1.29, 1.82) is 0 Å². The van der Waals surface area contributed by atoms with Crippen LogP contribution in [0.4, 0.5) is 11.5 Å². The number of benzene rings is 3. The summed E-state index contributed by atoms with van der Waals surface area (Å²) in [6.45, 7) is 2.09. The van der Waals surface area contributed by atoms with Gasteiger partial charge in [0.1, 0.15) is 23.5 Å². The van der Waals surface area contributed by atoms with Crippen LogP contribution in [0.1, 0.15) is 5.56 Å². The number of thiophene rings is 1. The number of fused-ring (bicyclic) bond motifs is 2. The zero-order chi connectivity index (χ0) is 24.5. The topological polar surface area (TPSA) is 82.1 Å². The third kappa shape index (κ3) is 4.18. The highest BCUT2D eigenvalue weighted by Crippen LogP contribution is 2.35. The SMILES string of the molecule is COc1ccc2ncnc(Oc3ccc(Nc4nnc(-c5cc(C)cs5)c5ccccc45)cc3)c2c1. The lowest BCUT2D eigenvalue weighted by molar-refractivity contribution is 0.415. The van der Waals surface area contributed by atoms with Crippen LogP contribution >= 0.6 is 11.3 Å². The molecule has 36 heavy (non-hydrogen) atoms. The Balaban J connectivity index is 1.27. The number of nitrogens with zero attached hydrogens (tertiary/aromatic N) is 4. The van der Waals surface area contributed by atoms with Crippen molar-refractivity contribution in [2.45, 2.75) is 6.92 Å². The van der Waals surface area contributed by atoms with Crippen LogP contribution in [0.3, 0.4) is 0 Å². The second kappa shape index (κ2) is 9.24. The first kappa shape index (κ1) is 21.9. The molecule has 0 spiro atoms. The summed E-state index contributed by atoms with van der Waals surface area (Å²) in [6, 6.07) is 23.6. The van der Waals surface area contributed by atoms with E-state index in [1.54, 1.807) is 18.4 Å². The van der Waals surface area contributed by atoms with Crippen LogP contribution in [0.5, 0.6) is 17.4 Å². The van der Waals surface area contributed by atoms with Crippen LogP contribution in [-0.2, 0) is 0 Å². The average molecular weight is 492 g/mol. The Morgan fingerprint density at radius 1 is 0.806 bits per heavy atom. The van der Waals surface area contributed by atoms with E-state index in [1.807, 2.05) is 54.6 Å². The van der Waals surface area contributed by atoms with E-state index in [-0.39, 0.29) is 0 Å². The Bertz CT molecular complexity index is 1700. The second-order valence-electron chi connectivity index (χ2n) is 8.24. The first-order chi connectivity index (χ1) is 17.7. The predicted octanol–water partition coefficient (Wildman–Crippen LogP) is 7.15. The standard InChI is InChI=1S/C28H21N5O2S/c1-17-13-25(36-15-17)26-21-5-3-4-6-22(21)27(33-32-26)31-18-7-9-19(10-8-18)35-28-23-14-20(34-2)11-12-24(23)29-16-30-28/h3-16H,1-2H3,(H,31,33). The molecule has 3 aromatic carbocycles. The third-order valence-corrected chi connectivity index (χ3v) is 6.84. The molecule has 7 nitrogen and oxygen atoms in total. The van der Waals surface area contributed by atoms with Gasteiger partial charge in [-0.15, -0.1) is 21.5 Å². The highest BCUT2D eigenvalue weighted by atomic mass is 32.1. The monoisotopic (exact) mass is 491 g/mol. The van der Waals surface area contributed by atoms with Crippen molar-refractivity contribution in [2.24, 2.45) is 0 Å². The van der Waals surface area contributed by atoms with Gasteiger partial charge in [-0.25, -0.2) is 9.97 Å². The molecule has 0 saturated carbocycles. The molecule has 0 bridgehead atoms. The molecule has 8 heteroatoms. The van der Waals surface area contributed by atoms with E-state index in [0.717, 1.165) is 43.7 Å². The van der Waals surface area contributed by atoms with Crippen molar-refractivity contribution >= 4 is 44.5 Å². The minimum absolute atomic E-state index is 0.468. The molecule has 0 aliphatic heterocycles. The maximum Gasteiger partial charge on any atom is 0.230 e. The molecule has 0 saturated heterocycles. The molecule has 0 unspecified atom stereocenters. The van der Waals surface area contributed by atoms with E-state index in [2.05, 4.69) is 56.0 Å². The van der Waals surface area contributed by atoms with E-state index in [9.17, 15) is 0 Å². The molecule has 3 heterocycles. The lowest BCUT2D eigenvalue weighted by atomic mass is 10.1. The third-order valence-electron chi connectivity index (χ3n) is 5.79. The normalized spacial score (nSPS) is 11.1. The van der Waals surface area contributed by atoms with Crippen molar-refractivity contribution in [1.82, 2.24) is 20.2 Å². The van der Waals surface area contributed by atoms with E-state index in [4.69, 9.17) is 9.47 Å². The quantitative estimate of drug-likeness (QED) is 0.265. The molecule has 176 valence electrons. The molecule has 0 aliphatic rings. The summed E-state index contributed by atoms with van der Waals surface area (Å²) in [6.07, 6.45) is 1.49. The molecular formula is C28H21N5O2S. The van der Waals surface area contributed by atoms with E-state index < -0.39 is 0 Å². The smallest absolute Gasteiger partial charge is 0.230 e. The lowest BCUT2D eigenvalue weighted by Crippen LogP contribution is -1.99. The van der Waals surface area contributed by atoms with Crippen molar-refractivity contribution < 1.29 is 9.47 Å². The number of ether oxygens (including phenoxy) is 2. The number of aromatic nitrogens is 4. The summed E-state index contributed by atoms with van der Waals surface area (Å²) < 4.78 is 11.4. The summed E-state index contributed by atoms with van der Waals surface area (Å²) in [5.74, 6) is 2.54.